The fraction of sp³-hybridized carbons (Fsp3) is 0.625. The summed E-state index contributed by atoms with van der Waals surface area (Å²) in [7, 11) is 0. The number of benzene rings is 1. The van der Waals surface area contributed by atoms with E-state index in [1.165, 1.54) is 24.8 Å². The molecule has 3 rings (SSSR count). The van der Waals surface area contributed by atoms with Crippen molar-refractivity contribution in [2.45, 2.75) is 63.6 Å². The largest absolute Gasteiger partial charge is 0.487 e. The van der Waals surface area contributed by atoms with Crippen molar-refractivity contribution in [3.8, 4) is 5.75 Å². The lowest BCUT2D eigenvalue weighted by Crippen LogP contribution is -2.42. The van der Waals surface area contributed by atoms with Crippen LogP contribution in [0.25, 0.3) is 0 Å². The monoisotopic (exact) mass is 246 g/mol. The molecule has 1 saturated carbocycles. The number of rotatable bonds is 1. The quantitative estimate of drug-likeness (QED) is 0.817. The van der Waals surface area contributed by atoms with E-state index in [9.17, 15) is 5.11 Å². The molecule has 98 valence electrons. The predicted octanol–water partition coefficient (Wildman–Crippen LogP) is 3.77. The third-order valence-corrected chi connectivity index (χ3v) is 4.50. The van der Waals surface area contributed by atoms with Gasteiger partial charge in [0.25, 0.3) is 0 Å². The van der Waals surface area contributed by atoms with E-state index >= 15 is 0 Å². The first-order valence-corrected chi connectivity index (χ1v) is 7.22. The zero-order valence-corrected chi connectivity index (χ0v) is 11.1. The Labute approximate surface area is 109 Å². The van der Waals surface area contributed by atoms with Gasteiger partial charge in [0.15, 0.2) is 0 Å². The fourth-order valence-electron chi connectivity index (χ4n) is 3.41. The van der Waals surface area contributed by atoms with E-state index in [2.05, 4.69) is 19.1 Å². The van der Waals surface area contributed by atoms with E-state index in [0.717, 1.165) is 37.0 Å². The molecule has 1 aromatic carbocycles. The molecule has 1 N–H and O–H groups in total. The summed E-state index contributed by atoms with van der Waals surface area (Å²) in [6.45, 7) is 2.14. The number of hydrogen-bond acceptors (Lipinski definition) is 2. The number of fused-ring (bicyclic) bond motifs is 1. The van der Waals surface area contributed by atoms with Crippen molar-refractivity contribution < 1.29 is 9.84 Å². The van der Waals surface area contributed by atoms with Gasteiger partial charge < -0.3 is 9.84 Å². The molecule has 1 aliphatic heterocycles. The maximum absolute atomic E-state index is 10.4. The number of aryl methyl sites for hydroxylation is 1. The summed E-state index contributed by atoms with van der Waals surface area (Å²) in [4.78, 5) is 0. The molecule has 0 bridgehead atoms. The third kappa shape index (κ3) is 2.03. The van der Waals surface area contributed by atoms with Gasteiger partial charge in [-0.25, -0.2) is 0 Å². The highest BCUT2D eigenvalue weighted by Gasteiger charge is 2.41. The molecule has 1 aromatic rings. The second kappa shape index (κ2) is 4.58. The average Bonchev–Trinajstić information content (AvgIpc) is 2.39. The van der Waals surface area contributed by atoms with Crippen LogP contribution >= 0.6 is 0 Å². The zero-order valence-electron chi connectivity index (χ0n) is 11.1. The van der Waals surface area contributed by atoms with E-state index < -0.39 is 0 Å². The summed E-state index contributed by atoms with van der Waals surface area (Å²) >= 11 is 0. The Hall–Kier alpha value is -1.02. The zero-order chi connectivity index (χ0) is 12.6. The van der Waals surface area contributed by atoms with Crippen LogP contribution in [0.3, 0.4) is 0 Å². The van der Waals surface area contributed by atoms with Crippen LogP contribution < -0.4 is 4.74 Å². The molecule has 1 heterocycles. The van der Waals surface area contributed by atoms with Crippen LogP contribution in [-0.2, 0) is 6.42 Å². The van der Waals surface area contributed by atoms with E-state index in [1.807, 2.05) is 6.07 Å². The lowest BCUT2D eigenvalue weighted by molar-refractivity contribution is -0.0381. The molecule has 0 amide bonds. The van der Waals surface area contributed by atoms with Crippen molar-refractivity contribution in [3.63, 3.8) is 0 Å². The average molecular weight is 246 g/mol. The van der Waals surface area contributed by atoms with Crippen LogP contribution in [0, 0.1) is 0 Å². The minimum atomic E-state index is -0.349. The first kappa shape index (κ1) is 12.0. The van der Waals surface area contributed by atoms with Crippen molar-refractivity contribution in [3.05, 3.63) is 29.3 Å². The lowest BCUT2D eigenvalue weighted by atomic mass is 9.77. The molecule has 0 aromatic heterocycles. The van der Waals surface area contributed by atoms with Gasteiger partial charge in [-0.3, -0.25) is 0 Å². The molecule has 2 nitrogen and oxygen atoms in total. The van der Waals surface area contributed by atoms with Crippen molar-refractivity contribution in [1.82, 2.24) is 0 Å². The minimum absolute atomic E-state index is 0.0849. The molecule has 1 aliphatic carbocycles. The van der Waals surface area contributed by atoms with Crippen molar-refractivity contribution in [2.75, 3.05) is 0 Å². The maximum Gasteiger partial charge on any atom is 0.125 e. The molecular weight excluding hydrogens is 224 g/mol. The van der Waals surface area contributed by atoms with Crippen LogP contribution in [0.2, 0.25) is 0 Å². The minimum Gasteiger partial charge on any atom is -0.487 e. The van der Waals surface area contributed by atoms with E-state index in [-0.39, 0.29) is 11.7 Å². The Morgan fingerprint density at radius 3 is 2.78 bits per heavy atom. The standard InChI is InChI=1S/C16H22O2/c1-2-12-6-7-15-13(10-12)14(17)11-16(18-15)8-4-3-5-9-16/h6-7,10,14,17H,2-5,8-9,11H2,1H3/t14-/m1/s1. The summed E-state index contributed by atoms with van der Waals surface area (Å²) in [6.07, 6.45) is 7.39. The second-order valence-corrected chi connectivity index (χ2v) is 5.79. The van der Waals surface area contributed by atoms with Gasteiger partial charge in [-0.1, -0.05) is 19.4 Å². The summed E-state index contributed by atoms with van der Waals surface area (Å²) in [5, 5.41) is 10.4. The molecule has 1 fully saturated rings. The summed E-state index contributed by atoms with van der Waals surface area (Å²) in [5.41, 5.74) is 2.18. The van der Waals surface area contributed by atoms with Crippen molar-refractivity contribution >= 4 is 0 Å². The number of ether oxygens (including phenoxy) is 1. The highest BCUT2D eigenvalue weighted by Crippen LogP contribution is 2.46. The highest BCUT2D eigenvalue weighted by molar-refractivity contribution is 5.41. The molecule has 2 aliphatic rings. The van der Waals surface area contributed by atoms with Gasteiger partial charge in [0.2, 0.25) is 0 Å². The predicted molar refractivity (Wildman–Crippen MR) is 71.8 cm³/mol. The normalized spacial score (nSPS) is 25.6. The van der Waals surface area contributed by atoms with E-state index in [1.54, 1.807) is 0 Å². The summed E-state index contributed by atoms with van der Waals surface area (Å²) < 4.78 is 6.27. The lowest BCUT2D eigenvalue weighted by Gasteiger charge is -2.43. The molecule has 1 spiro atoms. The van der Waals surface area contributed by atoms with Gasteiger partial charge in [0.05, 0.1) is 6.10 Å². The molecule has 1 atom stereocenters. The Kier molecular flexibility index (Phi) is 3.06. The van der Waals surface area contributed by atoms with Crippen molar-refractivity contribution in [1.29, 1.82) is 0 Å². The smallest absolute Gasteiger partial charge is 0.125 e. The van der Waals surface area contributed by atoms with Crippen molar-refractivity contribution in [2.24, 2.45) is 0 Å². The van der Waals surface area contributed by atoms with Gasteiger partial charge >= 0.3 is 0 Å². The number of aliphatic hydroxyl groups is 1. The third-order valence-electron chi connectivity index (χ3n) is 4.50. The van der Waals surface area contributed by atoms with Gasteiger partial charge in [-0.15, -0.1) is 0 Å². The fourth-order valence-corrected chi connectivity index (χ4v) is 3.41. The van der Waals surface area contributed by atoms with Gasteiger partial charge in [0, 0.05) is 12.0 Å². The first-order valence-electron chi connectivity index (χ1n) is 7.22. The Balaban J connectivity index is 1.92. The second-order valence-electron chi connectivity index (χ2n) is 5.79. The van der Waals surface area contributed by atoms with E-state index in [0.29, 0.717) is 0 Å². The van der Waals surface area contributed by atoms with Gasteiger partial charge in [0.1, 0.15) is 11.4 Å². The van der Waals surface area contributed by atoms with Crippen LogP contribution in [0.5, 0.6) is 5.75 Å². The maximum atomic E-state index is 10.4. The summed E-state index contributed by atoms with van der Waals surface area (Å²) in [6, 6.07) is 6.27. The van der Waals surface area contributed by atoms with Crippen LogP contribution in [-0.4, -0.2) is 10.7 Å². The number of hydrogen-bond donors (Lipinski definition) is 1. The van der Waals surface area contributed by atoms with Gasteiger partial charge in [-0.05, 0) is 49.8 Å². The topological polar surface area (TPSA) is 29.5 Å². The SMILES string of the molecule is CCc1ccc2c(c1)[C@H](O)CC1(CCCCC1)O2. The Morgan fingerprint density at radius 2 is 2.06 bits per heavy atom. The van der Waals surface area contributed by atoms with Crippen LogP contribution in [0.4, 0.5) is 0 Å². The molecule has 18 heavy (non-hydrogen) atoms. The van der Waals surface area contributed by atoms with E-state index in [4.69, 9.17) is 4.74 Å². The molecular formula is C16H22O2. The molecule has 2 heteroatoms. The Morgan fingerprint density at radius 1 is 1.28 bits per heavy atom. The highest BCUT2D eigenvalue weighted by atomic mass is 16.5. The molecule has 0 saturated heterocycles. The first-order chi connectivity index (χ1) is 8.72. The van der Waals surface area contributed by atoms with Crippen LogP contribution in [0.1, 0.15) is 62.7 Å². The molecule has 0 radical (unpaired) electrons. The van der Waals surface area contributed by atoms with Crippen LogP contribution in [0.15, 0.2) is 18.2 Å². The molecule has 0 unspecified atom stereocenters. The number of aliphatic hydroxyl groups excluding tert-OH is 1. The Bertz CT molecular complexity index is 433. The van der Waals surface area contributed by atoms with Gasteiger partial charge in [-0.2, -0.15) is 0 Å². The summed E-state index contributed by atoms with van der Waals surface area (Å²) in [5.74, 6) is 0.910.